The highest BCUT2D eigenvalue weighted by Crippen LogP contribution is 2.41. The Kier molecular flexibility index (Phi) is 5.84. The van der Waals surface area contributed by atoms with Crippen molar-refractivity contribution in [3.63, 3.8) is 0 Å². The largest absolute Gasteiger partial charge is 0.316 e. The fraction of sp³-hybridized carbons (Fsp3) is 0.571. The molecule has 29 heavy (non-hydrogen) atoms. The number of anilines is 1. The average molecular weight is 435 g/mol. The summed E-state index contributed by atoms with van der Waals surface area (Å²) in [6, 6.07) is 6.88. The van der Waals surface area contributed by atoms with Crippen LogP contribution in [0.15, 0.2) is 29.3 Å². The normalized spacial score (nSPS) is 27.9. The lowest BCUT2D eigenvalue weighted by Gasteiger charge is -2.25. The van der Waals surface area contributed by atoms with E-state index in [1.165, 1.54) is 37.9 Å². The van der Waals surface area contributed by atoms with Crippen molar-refractivity contribution in [2.45, 2.75) is 56.7 Å². The average Bonchev–Trinajstić information content (AvgIpc) is 3.13. The molecule has 0 spiro atoms. The molecule has 0 N–H and O–H groups in total. The maximum atomic E-state index is 12.7. The smallest absolute Gasteiger partial charge is 0.248 e. The number of hydrogen-bond acceptors (Lipinski definition) is 5. The summed E-state index contributed by atoms with van der Waals surface area (Å²) in [5.74, 6) is 0.365. The van der Waals surface area contributed by atoms with E-state index in [2.05, 4.69) is 4.99 Å². The third kappa shape index (κ3) is 4.58. The number of fused-ring (bicyclic) bond motifs is 1. The van der Waals surface area contributed by atoms with Crippen LogP contribution in [0.4, 0.5) is 5.69 Å². The summed E-state index contributed by atoms with van der Waals surface area (Å²) in [5, 5.41) is 0.429. The molecule has 1 aromatic rings. The Labute approximate surface area is 176 Å². The number of amides is 1. The second-order valence-corrected chi connectivity index (χ2v) is 11.6. The number of rotatable bonds is 4. The molecule has 1 amide bonds. The van der Waals surface area contributed by atoms with Crippen LogP contribution in [0, 0.1) is 5.92 Å². The first-order valence-electron chi connectivity index (χ1n) is 10.2. The van der Waals surface area contributed by atoms with Gasteiger partial charge in [-0.2, -0.15) is 4.99 Å². The van der Waals surface area contributed by atoms with Gasteiger partial charge in [-0.05, 0) is 37.8 Å². The Morgan fingerprint density at radius 3 is 2.66 bits per heavy atom. The minimum atomic E-state index is -3.12. The number of carbonyl (C=O) groups is 2. The number of amidine groups is 1. The first-order valence-corrected chi connectivity index (χ1v) is 12.9. The van der Waals surface area contributed by atoms with E-state index in [1.54, 1.807) is 18.2 Å². The number of benzene rings is 1. The van der Waals surface area contributed by atoms with Crippen molar-refractivity contribution in [3.05, 3.63) is 29.8 Å². The van der Waals surface area contributed by atoms with Gasteiger partial charge in [-0.3, -0.25) is 9.59 Å². The standard InChI is InChI=1S/C21H26N2O4S2/c1-14(24)16-8-5-9-17(11-16)23-18-12-29(26,27)13-19(18)28-21(23)22-20(25)10-15-6-3-2-4-7-15/h5,8-9,11,15,18-19H,2-4,6-7,10,12-13H2,1H3/t18-,19-/m1/s1. The lowest BCUT2D eigenvalue weighted by atomic mass is 9.87. The molecule has 1 saturated carbocycles. The second kappa shape index (κ2) is 8.22. The van der Waals surface area contributed by atoms with Gasteiger partial charge in [-0.25, -0.2) is 8.42 Å². The van der Waals surface area contributed by atoms with Crippen LogP contribution in [0.2, 0.25) is 0 Å². The van der Waals surface area contributed by atoms with Gasteiger partial charge in [-0.15, -0.1) is 0 Å². The van der Waals surface area contributed by atoms with Crippen LogP contribution in [0.3, 0.4) is 0 Å². The van der Waals surface area contributed by atoms with Gasteiger partial charge in [-0.1, -0.05) is 43.2 Å². The monoisotopic (exact) mass is 434 g/mol. The molecule has 0 bridgehead atoms. The number of ketones is 1. The third-order valence-corrected chi connectivity index (χ3v) is 9.22. The maximum absolute atomic E-state index is 12.7. The number of thioether (sulfide) groups is 1. The fourth-order valence-corrected chi connectivity index (χ4v) is 8.46. The molecule has 1 aliphatic carbocycles. The molecular weight excluding hydrogens is 408 g/mol. The van der Waals surface area contributed by atoms with E-state index in [0.29, 0.717) is 23.1 Å². The third-order valence-electron chi connectivity index (χ3n) is 6.01. The molecule has 3 aliphatic rings. The van der Waals surface area contributed by atoms with E-state index >= 15 is 0 Å². The van der Waals surface area contributed by atoms with E-state index in [-0.39, 0.29) is 34.5 Å². The van der Waals surface area contributed by atoms with Crippen molar-refractivity contribution in [1.29, 1.82) is 0 Å². The molecule has 2 aliphatic heterocycles. The van der Waals surface area contributed by atoms with Gasteiger partial charge in [0.1, 0.15) is 0 Å². The molecule has 0 radical (unpaired) electrons. The van der Waals surface area contributed by atoms with Gasteiger partial charge in [0.2, 0.25) is 5.91 Å². The minimum Gasteiger partial charge on any atom is -0.316 e. The molecule has 0 aromatic heterocycles. The molecule has 156 valence electrons. The highest BCUT2D eigenvalue weighted by Gasteiger charge is 2.49. The Bertz CT molecular complexity index is 951. The number of sulfone groups is 1. The van der Waals surface area contributed by atoms with Crippen LogP contribution in [-0.2, 0) is 14.6 Å². The Hall–Kier alpha value is -1.67. The van der Waals surface area contributed by atoms with Crippen LogP contribution >= 0.6 is 11.8 Å². The molecule has 2 saturated heterocycles. The van der Waals surface area contributed by atoms with Crippen LogP contribution in [-0.4, -0.2) is 48.1 Å². The van der Waals surface area contributed by atoms with Crippen molar-refractivity contribution in [3.8, 4) is 0 Å². The Balaban J connectivity index is 1.62. The summed E-state index contributed by atoms with van der Waals surface area (Å²) in [7, 11) is -3.12. The van der Waals surface area contributed by atoms with Crippen LogP contribution in [0.1, 0.15) is 55.8 Å². The van der Waals surface area contributed by atoms with E-state index < -0.39 is 9.84 Å². The molecule has 6 nitrogen and oxygen atoms in total. The van der Waals surface area contributed by atoms with Gasteiger partial charge < -0.3 is 4.90 Å². The summed E-state index contributed by atoms with van der Waals surface area (Å²) in [6.07, 6.45) is 6.21. The lowest BCUT2D eigenvalue weighted by Crippen LogP contribution is -2.37. The number of hydrogen-bond donors (Lipinski definition) is 0. The van der Waals surface area contributed by atoms with Gasteiger partial charge in [0.05, 0.1) is 17.5 Å². The second-order valence-electron chi connectivity index (χ2n) is 8.27. The molecular formula is C21H26N2O4S2. The lowest BCUT2D eigenvalue weighted by molar-refractivity contribution is -0.118. The van der Waals surface area contributed by atoms with Crippen molar-refractivity contribution in [1.82, 2.24) is 0 Å². The quantitative estimate of drug-likeness (QED) is 0.675. The molecule has 4 rings (SSSR count). The van der Waals surface area contributed by atoms with E-state index in [4.69, 9.17) is 0 Å². The summed E-state index contributed by atoms with van der Waals surface area (Å²) in [6.45, 7) is 1.50. The van der Waals surface area contributed by atoms with Crippen LogP contribution in [0.5, 0.6) is 0 Å². The predicted octanol–water partition coefficient (Wildman–Crippen LogP) is 3.46. The van der Waals surface area contributed by atoms with E-state index in [9.17, 15) is 18.0 Å². The van der Waals surface area contributed by atoms with Gasteiger partial charge >= 0.3 is 0 Å². The topological polar surface area (TPSA) is 83.9 Å². The van der Waals surface area contributed by atoms with E-state index in [1.807, 2.05) is 11.0 Å². The zero-order valence-corrected chi connectivity index (χ0v) is 18.2. The number of carbonyl (C=O) groups excluding carboxylic acids is 2. The zero-order chi connectivity index (χ0) is 20.6. The fourth-order valence-electron chi connectivity index (χ4n) is 4.53. The molecule has 2 atom stereocenters. The first kappa shape index (κ1) is 20.6. The van der Waals surface area contributed by atoms with Gasteiger partial charge in [0.25, 0.3) is 0 Å². The molecule has 3 fully saturated rings. The van der Waals surface area contributed by atoms with Crippen molar-refractivity contribution >= 4 is 44.1 Å². The van der Waals surface area contributed by atoms with E-state index in [0.717, 1.165) is 18.5 Å². The maximum Gasteiger partial charge on any atom is 0.248 e. The molecule has 8 heteroatoms. The van der Waals surface area contributed by atoms with Crippen LogP contribution < -0.4 is 4.90 Å². The van der Waals surface area contributed by atoms with Crippen molar-refractivity contribution in [2.75, 3.05) is 16.4 Å². The summed E-state index contributed by atoms with van der Waals surface area (Å²) in [5.41, 5.74) is 1.28. The molecule has 1 aromatic carbocycles. The van der Waals surface area contributed by atoms with Gasteiger partial charge in [0.15, 0.2) is 20.8 Å². The summed E-state index contributed by atoms with van der Waals surface area (Å²) < 4.78 is 24.4. The molecule has 2 heterocycles. The van der Waals surface area contributed by atoms with Crippen molar-refractivity contribution < 1.29 is 18.0 Å². The highest BCUT2D eigenvalue weighted by atomic mass is 32.2. The SMILES string of the molecule is CC(=O)c1cccc(N2C(=NC(=O)CC3CCCCC3)S[C@@H]3CS(=O)(=O)C[C@H]32)c1. The first-order chi connectivity index (χ1) is 13.8. The number of nitrogens with zero attached hydrogens (tertiary/aromatic N) is 2. The number of Topliss-reactive ketones (excluding diaryl/α,β-unsaturated/α-hetero) is 1. The Morgan fingerprint density at radius 1 is 1.17 bits per heavy atom. The highest BCUT2D eigenvalue weighted by molar-refractivity contribution is 8.16. The minimum absolute atomic E-state index is 0.0464. The predicted molar refractivity (Wildman–Crippen MR) is 116 cm³/mol. The zero-order valence-electron chi connectivity index (χ0n) is 16.5. The number of aliphatic imine (C=N–C) groups is 1. The molecule has 0 unspecified atom stereocenters. The van der Waals surface area contributed by atoms with Gasteiger partial charge in [0, 0.05) is 22.9 Å². The van der Waals surface area contributed by atoms with Crippen LogP contribution in [0.25, 0.3) is 0 Å². The van der Waals surface area contributed by atoms with Crippen molar-refractivity contribution in [2.24, 2.45) is 10.9 Å². The summed E-state index contributed by atoms with van der Waals surface area (Å²) >= 11 is 1.38. The Morgan fingerprint density at radius 2 is 1.93 bits per heavy atom. The summed E-state index contributed by atoms with van der Waals surface area (Å²) in [4.78, 5) is 30.8.